The number of nitrogens with zero attached hydrogens (tertiary/aromatic N) is 1. The fourth-order valence-electron chi connectivity index (χ4n) is 2.56. The topological polar surface area (TPSA) is 45.0 Å². The van der Waals surface area contributed by atoms with E-state index in [1.54, 1.807) is 6.07 Å². The second kappa shape index (κ2) is 4.79. The zero-order chi connectivity index (χ0) is 12.5. The van der Waals surface area contributed by atoms with E-state index in [1.807, 2.05) is 12.1 Å². The minimum absolute atomic E-state index is 0.347. The van der Waals surface area contributed by atoms with Crippen molar-refractivity contribution in [1.82, 2.24) is 0 Å². The summed E-state index contributed by atoms with van der Waals surface area (Å²) in [6.07, 6.45) is 3.96. The highest BCUT2D eigenvalue weighted by molar-refractivity contribution is 6.32. The van der Waals surface area contributed by atoms with Gasteiger partial charge in [0, 0.05) is 12.3 Å². The molecule has 0 radical (unpaired) electrons. The Morgan fingerprint density at radius 2 is 2.17 bits per heavy atom. The van der Waals surface area contributed by atoms with E-state index in [1.165, 1.54) is 12.8 Å². The van der Waals surface area contributed by atoms with E-state index in [4.69, 9.17) is 21.6 Å². The molecule has 1 aromatic rings. The summed E-state index contributed by atoms with van der Waals surface area (Å²) in [5.41, 5.74) is 1.49. The predicted molar refractivity (Wildman–Crippen MR) is 70.7 cm³/mol. The normalized spacial score (nSPS) is 26.9. The van der Waals surface area contributed by atoms with Crippen LogP contribution >= 0.6 is 11.6 Å². The number of anilines is 1. The van der Waals surface area contributed by atoms with Crippen molar-refractivity contribution in [2.75, 3.05) is 11.9 Å². The van der Waals surface area contributed by atoms with Crippen LogP contribution < -0.4 is 5.32 Å². The third-order valence-corrected chi connectivity index (χ3v) is 3.98. The molecule has 0 amide bonds. The Morgan fingerprint density at radius 1 is 1.33 bits per heavy atom. The number of nitriles is 1. The summed E-state index contributed by atoms with van der Waals surface area (Å²) in [7, 11) is 0. The highest BCUT2D eigenvalue weighted by atomic mass is 35.5. The van der Waals surface area contributed by atoms with Gasteiger partial charge in [0.1, 0.15) is 6.07 Å². The van der Waals surface area contributed by atoms with E-state index in [2.05, 4.69) is 11.4 Å². The van der Waals surface area contributed by atoms with Gasteiger partial charge in [0.2, 0.25) is 0 Å². The summed E-state index contributed by atoms with van der Waals surface area (Å²) >= 11 is 6.03. The van der Waals surface area contributed by atoms with Gasteiger partial charge in [-0.25, -0.2) is 0 Å². The van der Waals surface area contributed by atoms with Crippen LogP contribution in [0.1, 0.15) is 24.8 Å². The van der Waals surface area contributed by atoms with Gasteiger partial charge in [-0.1, -0.05) is 11.6 Å². The summed E-state index contributed by atoms with van der Waals surface area (Å²) in [4.78, 5) is 0. The SMILES string of the molecule is N#Cc1ccc(NC2CCOC2C2CC2)cc1Cl. The molecule has 4 heteroatoms. The van der Waals surface area contributed by atoms with Crippen LogP contribution in [0.5, 0.6) is 0 Å². The summed E-state index contributed by atoms with van der Waals surface area (Å²) < 4.78 is 5.79. The lowest BCUT2D eigenvalue weighted by atomic mass is 10.1. The average Bonchev–Trinajstić information content (AvgIpc) is 3.11. The lowest BCUT2D eigenvalue weighted by Crippen LogP contribution is -2.30. The van der Waals surface area contributed by atoms with Crippen LogP contribution in [0.25, 0.3) is 0 Å². The molecule has 2 atom stereocenters. The zero-order valence-corrected chi connectivity index (χ0v) is 10.8. The summed E-state index contributed by atoms with van der Waals surface area (Å²) in [5, 5.41) is 12.8. The van der Waals surface area contributed by atoms with Crippen molar-refractivity contribution in [3.63, 3.8) is 0 Å². The quantitative estimate of drug-likeness (QED) is 0.910. The summed E-state index contributed by atoms with van der Waals surface area (Å²) in [6.45, 7) is 0.836. The van der Waals surface area contributed by atoms with E-state index in [-0.39, 0.29) is 0 Å². The predicted octanol–water partition coefficient (Wildman–Crippen LogP) is 3.19. The van der Waals surface area contributed by atoms with Crippen molar-refractivity contribution in [2.45, 2.75) is 31.4 Å². The zero-order valence-electron chi connectivity index (χ0n) is 10.0. The maximum atomic E-state index is 8.84. The molecule has 2 fully saturated rings. The van der Waals surface area contributed by atoms with Crippen LogP contribution in [0.4, 0.5) is 5.69 Å². The number of halogens is 1. The first-order chi connectivity index (χ1) is 8.78. The number of ether oxygens (including phenoxy) is 1. The fourth-order valence-corrected chi connectivity index (χ4v) is 2.79. The van der Waals surface area contributed by atoms with Gasteiger partial charge in [0.15, 0.2) is 0 Å². The Hall–Kier alpha value is -1.24. The Labute approximate surface area is 112 Å². The van der Waals surface area contributed by atoms with Crippen molar-refractivity contribution in [1.29, 1.82) is 5.26 Å². The van der Waals surface area contributed by atoms with Crippen LogP contribution in [0.2, 0.25) is 5.02 Å². The van der Waals surface area contributed by atoms with Crippen molar-refractivity contribution in [3.05, 3.63) is 28.8 Å². The number of hydrogen-bond donors (Lipinski definition) is 1. The van der Waals surface area contributed by atoms with E-state index < -0.39 is 0 Å². The highest BCUT2D eigenvalue weighted by Gasteiger charge is 2.40. The third kappa shape index (κ3) is 2.31. The van der Waals surface area contributed by atoms with Gasteiger partial charge < -0.3 is 10.1 Å². The van der Waals surface area contributed by atoms with Crippen molar-refractivity contribution in [3.8, 4) is 6.07 Å². The van der Waals surface area contributed by atoms with Gasteiger partial charge in [-0.15, -0.1) is 0 Å². The number of nitrogens with one attached hydrogen (secondary N) is 1. The van der Waals surface area contributed by atoms with E-state index in [9.17, 15) is 0 Å². The minimum Gasteiger partial charge on any atom is -0.380 e. The molecule has 1 heterocycles. The Morgan fingerprint density at radius 3 is 2.83 bits per heavy atom. The molecular weight excluding hydrogens is 248 g/mol. The molecule has 1 N–H and O–H groups in total. The Bertz CT molecular complexity index is 493. The average molecular weight is 263 g/mol. The van der Waals surface area contributed by atoms with Gasteiger partial charge in [0.25, 0.3) is 0 Å². The van der Waals surface area contributed by atoms with Crippen molar-refractivity contribution >= 4 is 17.3 Å². The second-order valence-corrected chi connectivity index (χ2v) is 5.43. The molecule has 3 nitrogen and oxygen atoms in total. The van der Waals surface area contributed by atoms with E-state index >= 15 is 0 Å². The van der Waals surface area contributed by atoms with E-state index in [0.29, 0.717) is 22.7 Å². The Balaban J connectivity index is 1.72. The molecule has 2 aliphatic rings. The molecule has 18 heavy (non-hydrogen) atoms. The molecular formula is C14H15ClN2O. The van der Waals surface area contributed by atoms with Crippen LogP contribution in [0, 0.1) is 17.2 Å². The maximum absolute atomic E-state index is 8.84. The number of benzene rings is 1. The van der Waals surface area contributed by atoms with Crippen LogP contribution in [0.15, 0.2) is 18.2 Å². The smallest absolute Gasteiger partial charge is 0.101 e. The van der Waals surface area contributed by atoms with Crippen molar-refractivity contribution in [2.24, 2.45) is 5.92 Å². The molecule has 0 spiro atoms. The third-order valence-electron chi connectivity index (χ3n) is 3.66. The molecule has 2 unspecified atom stereocenters. The molecule has 1 aliphatic carbocycles. The summed E-state index contributed by atoms with van der Waals surface area (Å²) in [6, 6.07) is 7.93. The monoisotopic (exact) mass is 262 g/mol. The molecule has 0 bridgehead atoms. The molecule has 1 saturated heterocycles. The second-order valence-electron chi connectivity index (χ2n) is 5.02. The van der Waals surface area contributed by atoms with Crippen LogP contribution in [-0.2, 0) is 4.74 Å². The minimum atomic E-state index is 0.347. The lowest BCUT2D eigenvalue weighted by Gasteiger charge is -2.20. The standard InChI is InChI=1S/C14H15ClN2O/c15-12-7-11(4-3-10(12)8-16)17-13-5-6-18-14(13)9-1-2-9/h3-4,7,9,13-14,17H,1-2,5-6H2. The van der Waals surface area contributed by atoms with Crippen LogP contribution in [0.3, 0.4) is 0 Å². The largest absolute Gasteiger partial charge is 0.380 e. The molecule has 1 aliphatic heterocycles. The first-order valence-corrected chi connectivity index (χ1v) is 6.73. The van der Waals surface area contributed by atoms with E-state index in [0.717, 1.165) is 24.6 Å². The lowest BCUT2D eigenvalue weighted by molar-refractivity contribution is 0.0898. The molecule has 94 valence electrons. The first-order valence-electron chi connectivity index (χ1n) is 6.36. The maximum Gasteiger partial charge on any atom is 0.101 e. The highest BCUT2D eigenvalue weighted by Crippen LogP contribution is 2.39. The molecule has 0 aromatic heterocycles. The molecule has 1 aromatic carbocycles. The Kier molecular flexibility index (Phi) is 3.15. The van der Waals surface area contributed by atoms with Gasteiger partial charge in [-0.3, -0.25) is 0 Å². The van der Waals surface area contributed by atoms with Gasteiger partial charge >= 0.3 is 0 Å². The van der Waals surface area contributed by atoms with Gasteiger partial charge in [0.05, 0.1) is 22.7 Å². The first kappa shape index (κ1) is 11.8. The fraction of sp³-hybridized carbons (Fsp3) is 0.500. The number of rotatable bonds is 3. The van der Waals surface area contributed by atoms with Gasteiger partial charge in [-0.2, -0.15) is 5.26 Å². The van der Waals surface area contributed by atoms with Gasteiger partial charge in [-0.05, 0) is 43.4 Å². The van der Waals surface area contributed by atoms with Crippen LogP contribution in [-0.4, -0.2) is 18.8 Å². The number of hydrogen-bond acceptors (Lipinski definition) is 3. The summed E-state index contributed by atoms with van der Waals surface area (Å²) in [5.74, 6) is 0.735. The molecule has 3 rings (SSSR count). The van der Waals surface area contributed by atoms with Crippen molar-refractivity contribution < 1.29 is 4.74 Å². The molecule has 1 saturated carbocycles.